The molecule has 9 heteroatoms. The molecule has 1 fully saturated rings. The summed E-state index contributed by atoms with van der Waals surface area (Å²) in [5.74, 6) is -0.103. The maximum Gasteiger partial charge on any atom is 0.416 e. The zero-order chi connectivity index (χ0) is 28.5. The Kier molecular flexibility index (Phi) is 9.79. The molecule has 1 atom stereocenters. The van der Waals surface area contributed by atoms with E-state index in [1.807, 2.05) is 6.07 Å². The molecule has 2 aromatic carbocycles. The van der Waals surface area contributed by atoms with Gasteiger partial charge in [0.25, 0.3) is 5.91 Å². The first-order valence-electron chi connectivity index (χ1n) is 13.6. The molecule has 0 radical (unpaired) electrons. The summed E-state index contributed by atoms with van der Waals surface area (Å²) in [4.78, 5) is 27.4. The second kappa shape index (κ2) is 13.5. The van der Waals surface area contributed by atoms with Crippen LogP contribution in [0, 0.1) is 5.92 Å². The molecule has 0 bridgehead atoms. The van der Waals surface area contributed by atoms with E-state index in [0.717, 1.165) is 30.5 Å². The number of carboxylic acid groups (broad SMARTS) is 1. The van der Waals surface area contributed by atoms with Crippen LogP contribution in [0.25, 0.3) is 11.3 Å². The third kappa shape index (κ3) is 8.31. The number of carbonyl (C=O) groups is 2. The minimum absolute atomic E-state index is 0.0468. The Hall–Kier alpha value is -3.88. The summed E-state index contributed by atoms with van der Waals surface area (Å²) < 4.78 is 45.1. The lowest BCUT2D eigenvalue weighted by Gasteiger charge is -2.25. The molecule has 1 heterocycles. The number of pyridine rings is 1. The van der Waals surface area contributed by atoms with E-state index in [1.165, 1.54) is 44.2 Å². The number of hydrogen-bond donors (Lipinski definition) is 2. The number of rotatable bonds is 11. The summed E-state index contributed by atoms with van der Waals surface area (Å²) in [5.41, 5.74) is 1.73. The van der Waals surface area contributed by atoms with Crippen molar-refractivity contribution in [3.05, 3.63) is 83.6 Å². The van der Waals surface area contributed by atoms with Crippen LogP contribution in [0.1, 0.15) is 79.0 Å². The van der Waals surface area contributed by atoms with Gasteiger partial charge in [0.1, 0.15) is 11.9 Å². The van der Waals surface area contributed by atoms with Crippen LogP contribution in [0.5, 0.6) is 5.75 Å². The fourth-order valence-corrected chi connectivity index (χ4v) is 4.99. The molecule has 1 aliphatic carbocycles. The number of nitrogens with zero attached hydrogens (tertiary/aromatic N) is 1. The highest BCUT2D eigenvalue weighted by atomic mass is 19.4. The Bertz CT molecular complexity index is 1250. The van der Waals surface area contributed by atoms with Gasteiger partial charge in [-0.2, -0.15) is 13.2 Å². The average Bonchev–Trinajstić information content (AvgIpc) is 2.95. The number of alkyl halides is 3. The molecule has 0 aliphatic heterocycles. The predicted molar refractivity (Wildman–Crippen MR) is 145 cm³/mol. The van der Waals surface area contributed by atoms with E-state index in [2.05, 4.69) is 10.3 Å². The summed E-state index contributed by atoms with van der Waals surface area (Å²) in [6.45, 7) is 0.0468. The summed E-state index contributed by atoms with van der Waals surface area (Å²) in [5, 5.41) is 11.3. The summed E-state index contributed by atoms with van der Waals surface area (Å²) >= 11 is 0. The highest BCUT2D eigenvalue weighted by Crippen LogP contribution is 2.34. The van der Waals surface area contributed by atoms with Gasteiger partial charge in [0.15, 0.2) is 0 Å². The van der Waals surface area contributed by atoms with Gasteiger partial charge < -0.3 is 15.2 Å². The van der Waals surface area contributed by atoms with Crippen molar-refractivity contribution < 1.29 is 32.6 Å². The fraction of sp³-hybridized carbons (Fsp3) is 0.387. The van der Waals surface area contributed by atoms with Crippen molar-refractivity contribution in [2.24, 2.45) is 5.92 Å². The number of ether oxygens (including phenoxy) is 1. The lowest BCUT2D eigenvalue weighted by molar-refractivity contribution is -0.138. The van der Waals surface area contributed by atoms with Gasteiger partial charge in [-0.05, 0) is 61.2 Å². The van der Waals surface area contributed by atoms with Crippen molar-refractivity contribution in [1.82, 2.24) is 10.3 Å². The molecule has 2 N–H and O–H groups in total. The van der Waals surface area contributed by atoms with Gasteiger partial charge in [0, 0.05) is 29.4 Å². The number of halogens is 3. The lowest BCUT2D eigenvalue weighted by atomic mass is 9.85. The molecular formula is C31H33F3N2O4. The van der Waals surface area contributed by atoms with Crippen LogP contribution in [0.4, 0.5) is 13.2 Å². The molecule has 212 valence electrons. The zero-order valence-corrected chi connectivity index (χ0v) is 22.1. The molecule has 1 saturated carbocycles. The Morgan fingerprint density at radius 1 is 0.975 bits per heavy atom. The van der Waals surface area contributed by atoms with Gasteiger partial charge in [-0.3, -0.25) is 14.6 Å². The number of carbonyl (C=O) groups excluding carboxylic acids is 1. The second-order valence-electron chi connectivity index (χ2n) is 10.2. The smallest absolute Gasteiger partial charge is 0.416 e. The van der Waals surface area contributed by atoms with Crippen LogP contribution in [-0.4, -0.2) is 28.5 Å². The minimum atomic E-state index is -4.39. The topological polar surface area (TPSA) is 88.5 Å². The Morgan fingerprint density at radius 3 is 2.27 bits per heavy atom. The zero-order valence-electron chi connectivity index (χ0n) is 22.1. The molecule has 40 heavy (non-hydrogen) atoms. The van der Waals surface area contributed by atoms with Crippen molar-refractivity contribution in [1.29, 1.82) is 0 Å². The number of aliphatic carboxylic acids is 1. The van der Waals surface area contributed by atoms with E-state index >= 15 is 0 Å². The Labute approximate surface area is 231 Å². The summed E-state index contributed by atoms with van der Waals surface area (Å²) in [6, 6.07) is 15.3. The standard InChI is InChI=1S/C31H33F3N2O4/c32-31(33,34)25-12-7-22(8-13-25)27-16-11-24(20-36-27)28(17-6-21-4-2-1-3-5-21)40-26-14-9-23(10-15-26)30(39)35-19-18-29(37)38/h7-16,20-21,28H,1-6,17-19H2,(H,35,39)(H,37,38). The number of amides is 1. The Morgan fingerprint density at radius 2 is 1.68 bits per heavy atom. The Balaban J connectivity index is 1.46. The van der Waals surface area contributed by atoms with Crippen LogP contribution in [0.3, 0.4) is 0 Å². The fourth-order valence-electron chi connectivity index (χ4n) is 4.99. The SMILES string of the molecule is O=C(O)CCNC(=O)c1ccc(OC(CCC2CCCCC2)c2ccc(-c3ccc(C(F)(F)F)cc3)nc2)cc1. The first kappa shape index (κ1) is 29.1. The molecule has 3 aromatic rings. The van der Waals surface area contributed by atoms with Gasteiger partial charge >= 0.3 is 12.1 Å². The summed E-state index contributed by atoms with van der Waals surface area (Å²) in [6.07, 6.45) is 4.87. The number of benzene rings is 2. The molecule has 6 nitrogen and oxygen atoms in total. The average molecular weight is 555 g/mol. The molecule has 4 rings (SSSR count). The van der Waals surface area contributed by atoms with Crippen molar-refractivity contribution >= 4 is 11.9 Å². The van der Waals surface area contributed by atoms with Crippen LogP contribution in [0.2, 0.25) is 0 Å². The maximum absolute atomic E-state index is 12.9. The lowest BCUT2D eigenvalue weighted by Crippen LogP contribution is -2.25. The van der Waals surface area contributed by atoms with Crippen molar-refractivity contribution in [2.75, 3.05) is 6.54 Å². The third-order valence-corrected chi connectivity index (χ3v) is 7.25. The van der Waals surface area contributed by atoms with Gasteiger partial charge in [0.05, 0.1) is 17.7 Å². The number of nitrogens with one attached hydrogen (secondary N) is 1. The van der Waals surface area contributed by atoms with E-state index < -0.39 is 17.7 Å². The number of aromatic nitrogens is 1. The van der Waals surface area contributed by atoms with Crippen molar-refractivity contribution in [3.8, 4) is 17.0 Å². The van der Waals surface area contributed by atoms with Crippen molar-refractivity contribution in [3.63, 3.8) is 0 Å². The van der Waals surface area contributed by atoms with Gasteiger partial charge in [-0.1, -0.05) is 50.3 Å². The van der Waals surface area contributed by atoms with Crippen molar-refractivity contribution in [2.45, 2.75) is 63.6 Å². The molecule has 1 unspecified atom stereocenters. The van der Waals surface area contributed by atoms with Gasteiger partial charge in [0.2, 0.25) is 0 Å². The van der Waals surface area contributed by atoms with E-state index in [9.17, 15) is 22.8 Å². The third-order valence-electron chi connectivity index (χ3n) is 7.25. The van der Waals surface area contributed by atoms with E-state index in [4.69, 9.17) is 9.84 Å². The minimum Gasteiger partial charge on any atom is -0.486 e. The molecule has 0 saturated heterocycles. The largest absolute Gasteiger partial charge is 0.486 e. The monoisotopic (exact) mass is 554 g/mol. The normalized spacial score (nSPS) is 14.9. The van der Waals surface area contributed by atoms with Crippen LogP contribution >= 0.6 is 0 Å². The molecule has 1 amide bonds. The molecule has 1 aliphatic rings. The number of carboxylic acids is 1. The first-order chi connectivity index (χ1) is 19.2. The number of hydrogen-bond acceptors (Lipinski definition) is 4. The molecular weight excluding hydrogens is 521 g/mol. The van der Waals surface area contributed by atoms with E-state index in [-0.39, 0.29) is 25.0 Å². The maximum atomic E-state index is 12.9. The van der Waals surface area contributed by atoms with Crippen LogP contribution < -0.4 is 10.1 Å². The van der Waals surface area contributed by atoms with E-state index in [0.29, 0.717) is 28.5 Å². The predicted octanol–water partition coefficient (Wildman–Crippen LogP) is 7.45. The molecule has 1 aromatic heterocycles. The molecule has 0 spiro atoms. The highest BCUT2D eigenvalue weighted by molar-refractivity contribution is 5.94. The van der Waals surface area contributed by atoms with E-state index in [1.54, 1.807) is 36.5 Å². The highest BCUT2D eigenvalue weighted by Gasteiger charge is 2.30. The van der Waals surface area contributed by atoms with Crippen LogP contribution in [0.15, 0.2) is 66.9 Å². The van der Waals surface area contributed by atoms with Gasteiger partial charge in [-0.15, -0.1) is 0 Å². The second-order valence-corrected chi connectivity index (χ2v) is 10.2. The summed E-state index contributed by atoms with van der Waals surface area (Å²) in [7, 11) is 0. The van der Waals surface area contributed by atoms with Crippen LogP contribution in [-0.2, 0) is 11.0 Å². The van der Waals surface area contributed by atoms with Gasteiger partial charge in [-0.25, -0.2) is 0 Å². The first-order valence-corrected chi connectivity index (χ1v) is 13.6. The quantitative estimate of drug-likeness (QED) is 0.257.